The minimum absolute atomic E-state index is 0.0732. The standard InChI is InChI=1S/C28H28N2O9/c29-27(36)22-19(31)10-16-7-14-8-18-17(13-1-4-39-12-13)9-15(11-30-2-5-38-6-3-30)23(32)21(18)24(33)20(14)25(34)28(16,37)26(22)35/h1,4,9,12,14,16,32-33,35,37H,2-3,5-8,10-11H2,(H2,29,36). The Morgan fingerprint density at radius 1 is 1.15 bits per heavy atom. The van der Waals surface area contributed by atoms with Crippen LogP contribution in [0.4, 0.5) is 0 Å². The molecule has 11 heteroatoms. The van der Waals surface area contributed by atoms with Crippen molar-refractivity contribution in [3.8, 4) is 16.9 Å². The Labute approximate surface area is 222 Å². The molecular formula is C28H28N2O9. The van der Waals surface area contributed by atoms with Crippen LogP contribution in [0.5, 0.6) is 5.75 Å². The van der Waals surface area contributed by atoms with Gasteiger partial charge in [0.2, 0.25) is 5.78 Å². The first-order chi connectivity index (χ1) is 18.6. The van der Waals surface area contributed by atoms with Crippen molar-refractivity contribution in [3.63, 3.8) is 0 Å². The highest BCUT2D eigenvalue weighted by Gasteiger charge is 2.60. The molecule has 204 valence electrons. The number of Topliss-reactive ketones (excluding diaryl/α,β-unsaturated/α-hetero) is 2. The highest BCUT2D eigenvalue weighted by atomic mass is 16.5. The SMILES string of the molecule is NC(=O)C1=C(O)C2(O)C(=O)C3=C(O)c4c(O)c(CN5CCOCC5)cc(-c5ccoc5)c4CC3CC2CC1=O. The number of rotatable bonds is 4. The molecule has 3 unspecified atom stereocenters. The zero-order valence-electron chi connectivity index (χ0n) is 21.0. The largest absolute Gasteiger partial charge is 0.508 e. The van der Waals surface area contributed by atoms with E-state index in [4.69, 9.17) is 14.9 Å². The van der Waals surface area contributed by atoms with Gasteiger partial charge in [-0.05, 0) is 42.0 Å². The zero-order valence-corrected chi connectivity index (χ0v) is 21.0. The van der Waals surface area contributed by atoms with Crippen molar-refractivity contribution in [2.75, 3.05) is 26.3 Å². The van der Waals surface area contributed by atoms with Crippen LogP contribution in [0, 0.1) is 11.8 Å². The Morgan fingerprint density at radius 3 is 2.56 bits per heavy atom. The molecule has 0 bridgehead atoms. The summed E-state index contributed by atoms with van der Waals surface area (Å²) in [6.07, 6.45) is 3.01. The number of aliphatic hydroxyl groups is 3. The van der Waals surface area contributed by atoms with E-state index in [-0.39, 0.29) is 36.1 Å². The average Bonchev–Trinajstić information content (AvgIpc) is 3.43. The predicted molar refractivity (Wildman–Crippen MR) is 135 cm³/mol. The number of hydrogen-bond donors (Lipinski definition) is 5. The maximum absolute atomic E-state index is 13.8. The molecule has 1 saturated carbocycles. The lowest BCUT2D eigenvalue weighted by Crippen LogP contribution is -2.58. The predicted octanol–water partition coefficient (Wildman–Crippen LogP) is 1.52. The van der Waals surface area contributed by atoms with Gasteiger partial charge in [0, 0.05) is 48.7 Å². The number of fused-ring (bicyclic) bond motifs is 3. The van der Waals surface area contributed by atoms with Gasteiger partial charge in [0.15, 0.2) is 11.4 Å². The topological polar surface area (TPSA) is 184 Å². The van der Waals surface area contributed by atoms with Crippen LogP contribution in [0.2, 0.25) is 0 Å². The number of nitrogens with zero attached hydrogens (tertiary/aromatic N) is 1. The van der Waals surface area contributed by atoms with Crippen LogP contribution in [-0.2, 0) is 32.1 Å². The van der Waals surface area contributed by atoms with E-state index >= 15 is 0 Å². The molecule has 0 spiro atoms. The van der Waals surface area contributed by atoms with Crippen LogP contribution < -0.4 is 5.73 Å². The Hall–Kier alpha value is -3.93. The number of nitrogens with two attached hydrogens (primary N) is 1. The van der Waals surface area contributed by atoms with E-state index in [9.17, 15) is 34.8 Å². The van der Waals surface area contributed by atoms with Crippen molar-refractivity contribution in [3.05, 3.63) is 58.3 Å². The number of aromatic hydroxyl groups is 1. The molecular weight excluding hydrogens is 508 g/mol. The number of amides is 1. The molecule has 1 aliphatic heterocycles. The van der Waals surface area contributed by atoms with Crippen molar-refractivity contribution in [2.24, 2.45) is 17.6 Å². The van der Waals surface area contributed by atoms with E-state index in [1.54, 1.807) is 12.3 Å². The van der Waals surface area contributed by atoms with Crippen LogP contribution in [0.15, 0.2) is 46.0 Å². The summed E-state index contributed by atoms with van der Waals surface area (Å²) in [7, 11) is 0. The van der Waals surface area contributed by atoms with Gasteiger partial charge in [0.05, 0.1) is 31.3 Å². The fraction of sp³-hybridized carbons (Fsp3) is 0.393. The third-order valence-electron chi connectivity index (χ3n) is 8.47. The fourth-order valence-electron chi connectivity index (χ4n) is 6.54. The second-order valence-corrected chi connectivity index (χ2v) is 10.6. The van der Waals surface area contributed by atoms with E-state index in [1.807, 2.05) is 6.07 Å². The Bertz CT molecular complexity index is 1470. The maximum Gasteiger partial charge on any atom is 0.255 e. The number of carbonyl (C=O) groups excluding carboxylic acids is 3. The first-order valence-corrected chi connectivity index (χ1v) is 12.8. The Morgan fingerprint density at radius 2 is 1.90 bits per heavy atom. The number of carbonyl (C=O) groups is 3. The van der Waals surface area contributed by atoms with Crippen molar-refractivity contribution < 1.29 is 44.0 Å². The monoisotopic (exact) mass is 536 g/mol. The van der Waals surface area contributed by atoms with Gasteiger partial charge in [-0.1, -0.05) is 0 Å². The van der Waals surface area contributed by atoms with E-state index in [0.717, 1.165) is 11.1 Å². The number of ether oxygens (including phenoxy) is 1. The van der Waals surface area contributed by atoms with E-state index in [1.165, 1.54) is 6.26 Å². The summed E-state index contributed by atoms with van der Waals surface area (Å²) in [6.45, 7) is 2.79. The number of morpholine rings is 1. The van der Waals surface area contributed by atoms with Crippen LogP contribution in [-0.4, -0.2) is 74.7 Å². The Kier molecular flexibility index (Phi) is 5.90. The molecule has 3 atom stereocenters. The molecule has 39 heavy (non-hydrogen) atoms. The van der Waals surface area contributed by atoms with Crippen molar-refractivity contribution in [1.82, 2.24) is 4.90 Å². The molecule has 6 rings (SSSR count). The highest BCUT2D eigenvalue weighted by Crippen LogP contribution is 2.53. The number of aliphatic hydroxyl groups excluding tert-OH is 2. The van der Waals surface area contributed by atoms with Gasteiger partial charge in [0.1, 0.15) is 22.8 Å². The van der Waals surface area contributed by atoms with Crippen molar-refractivity contribution >= 4 is 23.2 Å². The van der Waals surface area contributed by atoms with Crippen molar-refractivity contribution in [2.45, 2.75) is 31.4 Å². The molecule has 2 fully saturated rings. The third-order valence-corrected chi connectivity index (χ3v) is 8.47. The fourth-order valence-corrected chi connectivity index (χ4v) is 6.54. The lowest BCUT2D eigenvalue weighted by molar-refractivity contribution is -0.147. The summed E-state index contributed by atoms with van der Waals surface area (Å²) in [5.41, 5.74) is 4.34. The summed E-state index contributed by atoms with van der Waals surface area (Å²) in [6, 6.07) is 3.62. The lowest BCUT2D eigenvalue weighted by Gasteiger charge is -2.46. The van der Waals surface area contributed by atoms with Gasteiger partial charge < -0.3 is 35.3 Å². The van der Waals surface area contributed by atoms with E-state index in [0.29, 0.717) is 44.0 Å². The number of primary amides is 1. The quantitative estimate of drug-likeness (QED) is 0.359. The summed E-state index contributed by atoms with van der Waals surface area (Å²) < 4.78 is 10.7. The average molecular weight is 537 g/mol. The number of benzene rings is 1. The molecule has 2 aromatic rings. The van der Waals surface area contributed by atoms with Gasteiger partial charge in [-0.2, -0.15) is 0 Å². The van der Waals surface area contributed by atoms with Crippen molar-refractivity contribution in [1.29, 1.82) is 0 Å². The number of furan rings is 1. The van der Waals surface area contributed by atoms with Crippen LogP contribution in [0.1, 0.15) is 29.5 Å². The van der Waals surface area contributed by atoms with Gasteiger partial charge >= 0.3 is 0 Å². The summed E-state index contributed by atoms with van der Waals surface area (Å²) in [5.74, 6) is -6.42. The van der Waals surface area contributed by atoms with Gasteiger partial charge in [0.25, 0.3) is 5.91 Å². The van der Waals surface area contributed by atoms with Gasteiger partial charge in [-0.25, -0.2) is 0 Å². The molecule has 1 aromatic heterocycles. The molecule has 2 heterocycles. The molecule has 11 nitrogen and oxygen atoms in total. The first kappa shape index (κ1) is 25.4. The number of phenolic OH excluding ortho intramolecular Hbond substituents is 1. The number of hydrogen-bond acceptors (Lipinski definition) is 10. The Balaban J connectivity index is 1.52. The molecule has 4 aliphatic rings. The highest BCUT2D eigenvalue weighted by molar-refractivity contribution is 6.22. The molecule has 1 saturated heterocycles. The van der Waals surface area contributed by atoms with E-state index in [2.05, 4.69) is 4.90 Å². The zero-order chi connectivity index (χ0) is 27.6. The first-order valence-electron chi connectivity index (χ1n) is 12.8. The van der Waals surface area contributed by atoms with Crippen LogP contribution >= 0.6 is 0 Å². The minimum atomic E-state index is -2.59. The minimum Gasteiger partial charge on any atom is -0.508 e. The summed E-state index contributed by atoms with van der Waals surface area (Å²) in [5, 5.41) is 45.2. The van der Waals surface area contributed by atoms with Gasteiger partial charge in [-0.3, -0.25) is 19.3 Å². The van der Waals surface area contributed by atoms with E-state index < -0.39 is 52.0 Å². The maximum atomic E-state index is 13.8. The molecule has 1 amide bonds. The summed E-state index contributed by atoms with van der Waals surface area (Å²) >= 11 is 0. The second-order valence-electron chi connectivity index (χ2n) is 10.6. The molecule has 6 N–H and O–H groups in total. The third kappa shape index (κ3) is 3.72. The number of ketones is 2. The lowest BCUT2D eigenvalue weighted by atomic mass is 9.59. The number of phenols is 1. The van der Waals surface area contributed by atoms with Gasteiger partial charge in [-0.15, -0.1) is 0 Å². The second kappa shape index (κ2) is 9.08. The molecule has 1 aromatic carbocycles. The normalized spacial score (nSPS) is 27.3. The smallest absolute Gasteiger partial charge is 0.255 e. The molecule has 3 aliphatic carbocycles. The van der Waals surface area contributed by atoms with Crippen LogP contribution in [0.3, 0.4) is 0 Å². The molecule has 0 radical (unpaired) electrons. The summed E-state index contributed by atoms with van der Waals surface area (Å²) in [4.78, 5) is 40.3. The van der Waals surface area contributed by atoms with Crippen LogP contribution in [0.25, 0.3) is 16.9 Å².